The van der Waals surface area contributed by atoms with Crippen LogP contribution >= 0.6 is 0 Å². The summed E-state index contributed by atoms with van der Waals surface area (Å²) >= 11 is 0. The Balaban J connectivity index is 1.55. The molecule has 0 atom stereocenters. The molecule has 0 radical (unpaired) electrons. The van der Waals surface area contributed by atoms with Gasteiger partial charge >= 0.3 is 6.03 Å². The fraction of sp³-hybridized carbons (Fsp3) is 0.148. The molecule has 3 aromatic carbocycles. The number of urea groups is 1. The lowest BCUT2D eigenvalue weighted by atomic mass is 10.1. The summed E-state index contributed by atoms with van der Waals surface area (Å²) in [6, 6.07) is 20.1. The van der Waals surface area contributed by atoms with Crippen molar-refractivity contribution in [3.8, 4) is 11.5 Å². The standard InChI is InChI=1S/C27H26N4O4/c1-3-30(4-2)20-9-5-18(6-10-20)17-24-25(32)29-27(34)31(26(24)33)21-11-15-23(16-12-21)35-22-13-7-19(28)8-14-22/h5-17H,3-4,28H2,1-2H3,(H,29,32,34). The summed E-state index contributed by atoms with van der Waals surface area (Å²) in [4.78, 5) is 41.2. The number of hydrogen-bond donors (Lipinski definition) is 2. The number of ether oxygens (including phenoxy) is 1. The topological polar surface area (TPSA) is 105 Å². The first-order chi connectivity index (χ1) is 16.9. The summed E-state index contributed by atoms with van der Waals surface area (Å²) in [6.45, 7) is 5.90. The van der Waals surface area contributed by atoms with E-state index in [4.69, 9.17) is 10.5 Å². The molecule has 0 aromatic heterocycles. The third kappa shape index (κ3) is 5.16. The minimum Gasteiger partial charge on any atom is -0.457 e. The second kappa shape index (κ2) is 10.1. The van der Waals surface area contributed by atoms with Gasteiger partial charge in [-0.2, -0.15) is 0 Å². The highest BCUT2D eigenvalue weighted by molar-refractivity contribution is 6.39. The normalized spacial score (nSPS) is 14.7. The minimum absolute atomic E-state index is 0.123. The minimum atomic E-state index is -0.804. The van der Waals surface area contributed by atoms with Gasteiger partial charge in [-0.1, -0.05) is 12.1 Å². The number of hydrogen-bond acceptors (Lipinski definition) is 6. The molecular formula is C27H26N4O4. The van der Waals surface area contributed by atoms with Crippen LogP contribution < -0.4 is 25.6 Å². The van der Waals surface area contributed by atoms with E-state index in [1.807, 2.05) is 24.3 Å². The lowest BCUT2D eigenvalue weighted by Gasteiger charge is -2.26. The third-order valence-corrected chi connectivity index (χ3v) is 5.65. The van der Waals surface area contributed by atoms with Crippen LogP contribution in [0.25, 0.3) is 6.08 Å². The maximum Gasteiger partial charge on any atom is 0.335 e. The number of anilines is 3. The summed E-state index contributed by atoms with van der Waals surface area (Å²) in [7, 11) is 0. The van der Waals surface area contributed by atoms with E-state index in [1.54, 1.807) is 48.5 Å². The van der Waals surface area contributed by atoms with Crippen LogP contribution in [0.1, 0.15) is 19.4 Å². The maximum atomic E-state index is 13.2. The van der Waals surface area contributed by atoms with Crippen LogP contribution in [-0.4, -0.2) is 30.9 Å². The van der Waals surface area contributed by atoms with Gasteiger partial charge in [-0.05, 0) is 86.2 Å². The zero-order valence-corrected chi connectivity index (χ0v) is 19.5. The molecule has 3 aromatic rings. The lowest BCUT2D eigenvalue weighted by molar-refractivity contribution is -0.122. The highest BCUT2D eigenvalue weighted by Gasteiger charge is 2.36. The number of carbonyl (C=O) groups is 3. The first kappa shape index (κ1) is 23.6. The average Bonchev–Trinajstić information content (AvgIpc) is 2.86. The number of benzene rings is 3. The average molecular weight is 471 g/mol. The highest BCUT2D eigenvalue weighted by Crippen LogP contribution is 2.27. The number of rotatable bonds is 7. The molecule has 4 amide bonds. The lowest BCUT2D eigenvalue weighted by Crippen LogP contribution is -2.54. The van der Waals surface area contributed by atoms with E-state index in [1.165, 1.54) is 6.08 Å². The van der Waals surface area contributed by atoms with E-state index in [2.05, 4.69) is 24.1 Å². The van der Waals surface area contributed by atoms with E-state index in [0.717, 1.165) is 23.7 Å². The number of nitrogens with one attached hydrogen (secondary N) is 1. The van der Waals surface area contributed by atoms with Crippen molar-refractivity contribution in [1.29, 1.82) is 0 Å². The Morgan fingerprint density at radius 2 is 1.43 bits per heavy atom. The van der Waals surface area contributed by atoms with Gasteiger partial charge in [0.1, 0.15) is 17.1 Å². The van der Waals surface area contributed by atoms with Crippen LogP contribution in [0.5, 0.6) is 11.5 Å². The largest absolute Gasteiger partial charge is 0.457 e. The predicted molar refractivity (Wildman–Crippen MR) is 136 cm³/mol. The molecule has 0 unspecified atom stereocenters. The van der Waals surface area contributed by atoms with Gasteiger partial charge in [0.15, 0.2) is 0 Å². The number of imide groups is 2. The Labute approximate surface area is 203 Å². The molecule has 0 bridgehead atoms. The molecule has 178 valence electrons. The molecule has 3 N–H and O–H groups in total. The Morgan fingerprint density at radius 1 is 0.857 bits per heavy atom. The molecule has 8 heteroatoms. The summed E-state index contributed by atoms with van der Waals surface area (Å²) in [5.74, 6) is -0.309. The molecular weight excluding hydrogens is 444 g/mol. The van der Waals surface area contributed by atoms with Gasteiger partial charge in [0.2, 0.25) is 0 Å². The molecule has 1 aliphatic rings. The fourth-order valence-corrected chi connectivity index (χ4v) is 3.76. The molecule has 1 fully saturated rings. The van der Waals surface area contributed by atoms with Crippen LogP contribution in [0.4, 0.5) is 21.9 Å². The van der Waals surface area contributed by atoms with Crippen molar-refractivity contribution in [2.45, 2.75) is 13.8 Å². The third-order valence-electron chi connectivity index (χ3n) is 5.65. The molecule has 1 saturated heterocycles. The van der Waals surface area contributed by atoms with Crippen molar-refractivity contribution < 1.29 is 19.1 Å². The van der Waals surface area contributed by atoms with Gasteiger partial charge in [0, 0.05) is 24.5 Å². The van der Waals surface area contributed by atoms with Crippen molar-refractivity contribution in [2.75, 3.05) is 28.6 Å². The summed E-state index contributed by atoms with van der Waals surface area (Å²) in [5.41, 5.74) is 8.23. The maximum absolute atomic E-state index is 13.2. The summed E-state index contributed by atoms with van der Waals surface area (Å²) in [6.07, 6.45) is 1.49. The van der Waals surface area contributed by atoms with E-state index in [9.17, 15) is 14.4 Å². The number of nitrogens with two attached hydrogens (primary N) is 1. The van der Waals surface area contributed by atoms with E-state index < -0.39 is 17.8 Å². The quantitative estimate of drug-likeness (QED) is 0.298. The summed E-state index contributed by atoms with van der Waals surface area (Å²) in [5, 5.41) is 2.24. The highest BCUT2D eigenvalue weighted by atomic mass is 16.5. The predicted octanol–water partition coefficient (Wildman–Crippen LogP) is 4.57. The van der Waals surface area contributed by atoms with Gasteiger partial charge in [-0.15, -0.1) is 0 Å². The number of carbonyl (C=O) groups excluding carboxylic acids is 3. The Morgan fingerprint density at radius 3 is 2.00 bits per heavy atom. The molecule has 0 spiro atoms. The second-order valence-corrected chi connectivity index (χ2v) is 7.89. The smallest absolute Gasteiger partial charge is 0.335 e. The van der Waals surface area contributed by atoms with Gasteiger partial charge in [-0.3, -0.25) is 14.9 Å². The SMILES string of the molecule is CCN(CC)c1ccc(C=C2C(=O)NC(=O)N(c3ccc(Oc4ccc(N)cc4)cc3)C2=O)cc1. The monoisotopic (exact) mass is 470 g/mol. The Bertz CT molecular complexity index is 1260. The van der Waals surface area contributed by atoms with Gasteiger partial charge in [0.25, 0.3) is 11.8 Å². The van der Waals surface area contributed by atoms with E-state index >= 15 is 0 Å². The van der Waals surface area contributed by atoms with Gasteiger partial charge in [-0.25, -0.2) is 9.69 Å². The van der Waals surface area contributed by atoms with Crippen LogP contribution in [0.15, 0.2) is 78.4 Å². The van der Waals surface area contributed by atoms with Crippen molar-refractivity contribution in [1.82, 2.24) is 5.32 Å². The molecule has 0 saturated carbocycles. The zero-order valence-electron chi connectivity index (χ0n) is 19.5. The summed E-state index contributed by atoms with van der Waals surface area (Å²) < 4.78 is 5.76. The van der Waals surface area contributed by atoms with Crippen LogP contribution in [0.3, 0.4) is 0 Å². The number of barbiturate groups is 1. The van der Waals surface area contributed by atoms with Crippen molar-refractivity contribution in [3.05, 3.63) is 83.9 Å². The van der Waals surface area contributed by atoms with Gasteiger partial charge < -0.3 is 15.4 Å². The molecule has 8 nitrogen and oxygen atoms in total. The number of amides is 4. The first-order valence-corrected chi connectivity index (χ1v) is 11.3. The molecule has 1 heterocycles. The van der Waals surface area contributed by atoms with Gasteiger partial charge in [0.05, 0.1) is 5.69 Å². The Kier molecular flexibility index (Phi) is 6.82. The van der Waals surface area contributed by atoms with Crippen molar-refractivity contribution >= 4 is 41.0 Å². The fourth-order valence-electron chi connectivity index (χ4n) is 3.76. The number of nitrogens with zero attached hydrogens (tertiary/aromatic N) is 2. The van der Waals surface area contributed by atoms with Crippen molar-refractivity contribution in [3.63, 3.8) is 0 Å². The number of nitrogen functional groups attached to an aromatic ring is 1. The molecule has 0 aliphatic carbocycles. The zero-order chi connectivity index (χ0) is 24.9. The second-order valence-electron chi connectivity index (χ2n) is 7.89. The van der Waals surface area contributed by atoms with Crippen molar-refractivity contribution in [2.24, 2.45) is 0 Å². The van der Waals surface area contributed by atoms with Crippen LogP contribution in [0, 0.1) is 0 Å². The van der Waals surface area contributed by atoms with E-state index in [-0.39, 0.29) is 5.57 Å². The first-order valence-electron chi connectivity index (χ1n) is 11.3. The molecule has 4 rings (SSSR count). The van der Waals surface area contributed by atoms with E-state index in [0.29, 0.717) is 28.4 Å². The molecule has 35 heavy (non-hydrogen) atoms. The van der Waals surface area contributed by atoms with Crippen LogP contribution in [-0.2, 0) is 9.59 Å². The molecule has 1 aliphatic heterocycles. The van der Waals surface area contributed by atoms with Crippen LogP contribution in [0.2, 0.25) is 0 Å². The Hall–Kier alpha value is -4.59.